The fourth-order valence-electron chi connectivity index (χ4n) is 1.95. The molecule has 0 fully saturated rings. The van der Waals surface area contributed by atoms with Crippen LogP contribution < -0.4 is 10.1 Å². The van der Waals surface area contributed by atoms with Crippen molar-refractivity contribution in [3.63, 3.8) is 0 Å². The molecule has 0 spiro atoms. The summed E-state index contributed by atoms with van der Waals surface area (Å²) in [5.74, 6) is -4.02. The molecule has 0 saturated heterocycles. The van der Waals surface area contributed by atoms with Crippen LogP contribution in [0.2, 0.25) is 0 Å². The van der Waals surface area contributed by atoms with Gasteiger partial charge in [0.05, 0.1) is 6.61 Å². The van der Waals surface area contributed by atoms with Crippen LogP contribution in [-0.2, 0) is 0 Å². The quantitative estimate of drug-likeness (QED) is 0.866. The molecule has 0 radical (unpaired) electrons. The summed E-state index contributed by atoms with van der Waals surface area (Å²) in [5.41, 5.74) is -2.42. The van der Waals surface area contributed by atoms with E-state index in [0.717, 1.165) is 0 Å². The first-order valence-corrected chi connectivity index (χ1v) is 6.54. The van der Waals surface area contributed by atoms with Crippen LogP contribution in [0.25, 0.3) is 0 Å². The minimum atomic E-state index is -1.58. The maximum atomic E-state index is 14.2. The fraction of sp³-hybridized carbons (Fsp3) is 0.125. The Kier molecular flexibility index (Phi) is 4.72. The maximum absolute atomic E-state index is 14.2. The summed E-state index contributed by atoms with van der Waals surface area (Å²) in [6, 6.07) is 8.83. The van der Waals surface area contributed by atoms with Crippen molar-refractivity contribution < 1.29 is 17.9 Å². The van der Waals surface area contributed by atoms with Crippen LogP contribution in [0.4, 0.5) is 24.5 Å². The lowest BCUT2D eigenvalue weighted by atomic mass is 10.1. The van der Waals surface area contributed by atoms with Gasteiger partial charge in [-0.1, -0.05) is 6.07 Å². The van der Waals surface area contributed by atoms with Gasteiger partial charge in [0.15, 0.2) is 17.5 Å². The Morgan fingerprint density at radius 2 is 1.70 bits per heavy atom. The normalized spacial score (nSPS) is 9.83. The molecule has 7 heteroatoms. The Bertz CT molecular complexity index is 838. The van der Waals surface area contributed by atoms with Crippen molar-refractivity contribution in [2.75, 3.05) is 11.9 Å². The Morgan fingerprint density at radius 1 is 1.04 bits per heavy atom. The SMILES string of the molecule is CCOc1cccc(Nc2c(F)c(F)c(C#N)c(C#N)c2F)c1. The second kappa shape index (κ2) is 6.71. The van der Waals surface area contributed by atoms with Crippen LogP contribution in [-0.4, -0.2) is 6.61 Å². The van der Waals surface area contributed by atoms with Gasteiger partial charge < -0.3 is 10.1 Å². The third-order valence-electron chi connectivity index (χ3n) is 2.96. The van der Waals surface area contributed by atoms with Gasteiger partial charge in [-0.2, -0.15) is 10.5 Å². The number of anilines is 2. The molecule has 0 aliphatic carbocycles. The molecular weight excluding hydrogens is 307 g/mol. The first-order chi connectivity index (χ1) is 11.0. The molecule has 0 saturated carbocycles. The van der Waals surface area contributed by atoms with Crippen LogP contribution in [0.1, 0.15) is 18.1 Å². The summed E-state index contributed by atoms with van der Waals surface area (Å²) in [4.78, 5) is 0. The van der Waals surface area contributed by atoms with E-state index in [0.29, 0.717) is 12.4 Å². The third-order valence-corrected chi connectivity index (χ3v) is 2.96. The average molecular weight is 317 g/mol. The molecule has 0 aliphatic rings. The van der Waals surface area contributed by atoms with E-state index in [1.54, 1.807) is 19.1 Å². The summed E-state index contributed by atoms with van der Waals surface area (Å²) in [6.07, 6.45) is 0. The maximum Gasteiger partial charge on any atom is 0.186 e. The van der Waals surface area contributed by atoms with Gasteiger partial charge in [0.25, 0.3) is 0 Å². The topological polar surface area (TPSA) is 68.8 Å². The largest absolute Gasteiger partial charge is 0.494 e. The van der Waals surface area contributed by atoms with E-state index in [1.807, 2.05) is 0 Å². The average Bonchev–Trinajstić information content (AvgIpc) is 2.55. The molecule has 0 aromatic heterocycles. The van der Waals surface area contributed by atoms with E-state index >= 15 is 0 Å². The number of nitriles is 2. The lowest BCUT2D eigenvalue weighted by molar-refractivity contribution is 0.340. The van der Waals surface area contributed by atoms with E-state index < -0.39 is 34.3 Å². The van der Waals surface area contributed by atoms with Crippen molar-refractivity contribution in [1.82, 2.24) is 0 Å². The molecule has 2 aromatic carbocycles. The van der Waals surface area contributed by atoms with Gasteiger partial charge in [0.2, 0.25) is 0 Å². The highest BCUT2D eigenvalue weighted by molar-refractivity contribution is 5.67. The predicted molar refractivity (Wildman–Crippen MR) is 76.6 cm³/mol. The van der Waals surface area contributed by atoms with Crippen molar-refractivity contribution >= 4 is 11.4 Å². The van der Waals surface area contributed by atoms with Crippen molar-refractivity contribution in [2.45, 2.75) is 6.92 Å². The number of halogens is 3. The van der Waals surface area contributed by atoms with Gasteiger partial charge >= 0.3 is 0 Å². The molecule has 2 rings (SSSR count). The van der Waals surface area contributed by atoms with Gasteiger partial charge in [-0.05, 0) is 19.1 Å². The van der Waals surface area contributed by atoms with E-state index in [2.05, 4.69) is 5.32 Å². The van der Waals surface area contributed by atoms with E-state index in [-0.39, 0.29) is 5.69 Å². The first kappa shape index (κ1) is 16.2. The molecule has 0 unspecified atom stereocenters. The first-order valence-electron chi connectivity index (χ1n) is 6.54. The highest BCUT2D eigenvalue weighted by Crippen LogP contribution is 2.31. The number of ether oxygens (including phenoxy) is 1. The van der Waals surface area contributed by atoms with Crippen molar-refractivity contribution in [1.29, 1.82) is 10.5 Å². The number of hydrogen-bond acceptors (Lipinski definition) is 4. The fourth-order valence-corrected chi connectivity index (χ4v) is 1.95. The van der Waals surface area contributed by atoms with Crippen LogP contribution in [0.5, 0.6) is 5.75 Å². The van der Waals surface area contributed by atoms with Gasteiger partial charge in [0.1, 0.15) is 34.7 Å². The van der Waals surface area contributed by atoms with Crippen LogP contribution in [0, 0.1) is 40.1 Å². The molecule has 2 aromatic rings. The molecule has 116 valence electrons. The van der Waals surface area contributed by atoms with Crippen LogP contribution in [0.15, 0.2) is 24.3 Å². The van der Waals surface area contributed by atoms with E-state index in [9.17, 15) is 13.2 Å². The Hall–Kier alpha value is -3.19. The summed E-state index contributed by atoms with van der Waals surface area (Å²) in [6.45, 7) is 2.17. The number of hydrogen-bond donors (Lipinski definition) is 1. The summed E-state index contributed by atoms with van der Waals surface area (Å²) in [7, 11) is 0. The monoisotopic (exact) mass is 317 g/mol. The molecule has 0 atom stereocenters. The molecule has 0 bridgehead atoms. The number of nitrogens with zero attached hydrogens (tertiary/aromatic N) is 2. The van der Waals surface area contributed by atoms with Gasteiger partial charge in [-0.25, -0.2) is 13.2 Å². The standard InChI is InChI=1S/C16H10F3N3O/c1-2-23-10-5-3-4-9(6-10)22-16-14(18)12(8-21)11(7-20)13(17)15(16)19/h3-6,22H,2H2,1H3. The highest BCUT2D eigenvalue weighted by Gasteiger charge is 2.25. The lowest BCUT2D eigenvalue weighted by Gasteiger charge is -2.12. The Balaban J connectivity index is 2.53. The highest BCUT2D eigenvalue weighted by atomic mass is 19.2. The lowest BCUT2D eigenvalue weighted by Crippen LogP contribution is -2.06. The van der Waals surface area contributed by atoms with Crippen molar-refractivity contribution in [3.05, 3.63) is 52.8 Å². The molecule has 4 nitrogen and oxygen atoms in total. The smallest absolute Gasteiger partial charge is 0.186 e. The minimum absolute atomic E-state index is 0.238. The van der Waals surface area contributed by atoms with Crippen molar-refractivity contribution in [2.24, 2.45) is 0 Å². The number of benzene rings is 2. The molecule has 0 aliphatic heterocycles. The van der Waals surface area contributed by atoms with Gasteiger partial charge in [-0.15, -0.1) is 0 Å². The van der Waals surface area contributed by atoms with Crippen LogP contribution in [0.3, 0.4) is 0 Å². The second-order valence-electron chi connectivity index (χ2n) is 4.38. The molecule has 0 amide bonds. The van der Waals surface area contributed by atoms with Crippen molar-refractivity contribution in [3.8, 4) is 17.9 Å². The second-order valence-corrected chi connectivity index (χ2v) is 4.38. The Labute approximate surface area is 130 Å². The molecular formula is C16H10F3N3O. The molecule has 0 heterocycles. The Morgan fingerprint density at radius 3 is 2.30 bits per heavy atom. The minimum Gasteiger partial charge on any atom is -0.494 e. The molecule has 1 N–H and O–H groups in total. The van der Waals surface area contributed by atoms with Crippen LogP contribution >= 0.6 is 0 Å². The van der Waals surface area contributed by atoms with Gasteiger partial charge in [-0.3, -0.25) is 0 Å². The van der Waals surface area contributed by atoms with E-state index in [1.165, 1.54) is 24.3 Å². The third kappa shape index (κ3) is 3.04. The zero-order valence-corrected chi connectivity index (χ0v) is 12.0. The zero-order valence-electron chi connectivity index (χ0n) is 12.0. The van der Waals surface area contributed by atoms with E-state index in [4.69, 9.17) is 15.3 Å². The number of rotatable bonds is 4. The summed E-state index contributed by atoms with van der Waals surface area (Å²) >= 11 is 0. The summed E-state index contributed by atoms with van der Waals surface area (Å²) < 4.78 is 47.3. The summed E-state index contributed by atoms with van der Waals surface area (Å²) in [5, 5.41) is 20.0. The van der Waals surface area contributed by atoms with Gasteiger partial charge in [0, 0.05) is 11.8 Å². The zero-order chi connectivity index (χ0) is 17.0. The molecule has 23 heavy (non-hydrogen) atoms. The predicted octanol–water partition coefficient (Wildman–Crippen LogP) is 3.99. The number of nitrogens with one attached hydrogen (secondary N) is 1.